The van der Waals surface area contributed by atoms with Crippen LogP contribution in [0.1, 0.15) is 59.4 Å². The molecule has 4 amide bonds. The third-order valence-electron chi connectivity index (χ3n) is 5.91. The van der Waals surface area contributed by atoms with Crippen molar-refractivity contribution in [2.75, 3.05) is 11.9 Å². The fourth-order valence-electron chi connectivity index (χ4n) is 4.01. The second kappa shape index (κ2) is 13.5. The molecule has 0 spiro atoms. The topological polar surface area (TPSA) is 151 Å². The molecule has 2 rings (SSSR count). The fourth-order valence-corrected chi connectivity index (χ4v) is 4.01. The van der Waals surface area contributed by atoms with Crippen LogP contribution in [0.5, 0.6) is 0 Å². The molecule has 3 atom stereocenters. The van der Waals surface area contributed by atoms with Gasteiger partial charge in [0.1, 0.15) is 30.5 Å². The number of ketones is 1. The van der Waals surface area contributed by atoms with Crippen molar-refractivity contribution in [3.05, 3.63) is 29.8 Å². The third-order valence-corrected chi connectivity index (χ3v) is 5.91. The van der Waals surface area contributed by atoms with E-state index in [2.05, 4.69) is 16.0 Å². The van der Waals surface area contributed by atoms with Gasteiger partial charge in [0.2, 0.25) is 23.6 Å². The van der Waals surface area contributed by atoms with E-state index < -0.39 is 41.8 Å². The van der Waals surface area contributed by atoms with Crippen molar-refractivity contribution in [3.8, 4) is 0 Å². The predicted octanol–water partition coefficient (Wildman–Crippen LogP) is 1.30. The highest BCUT2D eigenvalue weighted by molar-refractivity contribution is 6.00. The summed E-state index contributed by atoms with van der Waals surface area (Å²) in [6.45, 7) is 8.20. The molecule has 202 valence electrons. The number of ether oxygens (including phenoxy) is 1. The number of nitrogens with zero attached hydrogens (tertiary/aromatic N) is 1. The average Bonchev–Trinajstić information content (AvgIpc) is 3.30. The summed E-state index contributed by atoms with van der Waals surface area (Å²) in [5.41, 5.74) is 1.28. The van der Waals surface area contributed by atoms with E-state index in [1.807, 2.05) is 0 Å². The summed E-state index contributed by atoms with van der Waals surface area (Å²) in [6.07, 6.45) is 0.722. The van der Waals surface area contributed by atoms with Crippen molar-refractivity contribution in [1.82, 2.24) is 15.5 Å². The average molecular weight is 517 g/mol. The number of anilines is 1. The van der Waals surface area contributed by atoms with Crippen molar-refractivity contribution < 1.29 is 33.5 Å². The van der Waals surface area contributed by atoms with Crippen molar-refractivity contribution in [1.29, 1.82) is 0 Å². The molecule has 0 unspecified atom stereocenters. The Morgan fingerprint density at radius 2 is 1.65 bits per heavy atom. The highest BCUT2D eigenvalue weighted by Gasteiger charge is 2.38. The molecule has 0 aliphatic carbocycles. The van der Waals surface area contributed by atoms with Gasteiger partial charge < -0.3 is 25.6 Å². The first-order valence-corrected chi connectivity index (χ1v) is 12.3. The first-order chi connectivity index (χ1) is 17.4. The van der Waals surface area contributed by atoms with E-state index >= 15 is 0 Å². The lowest BCUT2D eigenvalue weighted by Crippen LogP contribution is -2.56. The maximum Gasteiger partial charge on any atom is 0.302 e. The Morgan fingerprint density at radius 3 is 2.22 bits per heavy atom. The smallest absolute Gasteiger partial charge is 0.302 e. The largest absolute Gasteiger partial charge is 0.461 e. The molecule has 11 nitrogen and oxygen atoms in total. The number of carbonyl (C=O) groups is 6. The van der Waals surface area contributed by atoms with Gasteiger partial charge >= 0.3 is 5.97 Å². The lowest BCUT2D eigenvalue weighted by Gasteiger charge is -2.29. The van der Waals surface area contributed by atoms with E-state index in [1.165, 1.54) is 25.7 Å². The molecule has 37 heavy (non-hydrogen) atoms. The minimum Gasteiger partial charge on any atom is -0.461 e. The summed E-state index contributed by atoms with van der Waals surface area (Å²) in [5, 5.41) is 8.06. The molecule has 0 bridgehead atoms. The summed E-state index contributed by atoms with van der Waals surface area (Å²) < 4.78 is 4.95. The van der Waals surface area contributed by atoms with Crippen molar-refractivity contribution in [2.45, 2.75) is 78.6 Å². The number of nitrogens with one attached hydrogen (secondary N) is 3. The van der Waals surface area contributed by atoms with Crippen LogP contribution in [-0.4, -0.2) is 65.0 Å². The Hall–Kier alpha value is -3.76. The van der Waals surface area contributed by atoms with Gasteiger partial charge in [-0.3, -0.25) is 28.8 Å². The molecule has 1 aromatic rings. The van der Waals surface area contributed by atoms with E-state index in [1.54, 1.807) is 38.1 Å². The summed E-state index contributed by atoms with van der Waals surface area (Å²) in [5.74, 6) is -2.76. The second-order valence-corrected chi connectivity index (χ2v) is 9.55. The number of esters is 1. The van der Waals surface area contributed by atoms with Gasteiger partial charge in [-0.15, -0.1) is 0 Å². The second-order valence-electron chi connectivity index (χ2n) is 9.55. The lowest BCUT2D eigenvalue weighted by atomic mass is 10.0. The van der Waals surface area contributed by atoms with Crippen LogP contribution in [0, 0.1) is 5.92 Å². The molecule has 1 saturated heterocycles. The van der Waals surface area contributed by atoms with Gasteiger partial charge in [0, 0.05) is 19.2 Å². The molecule has 1 aliphatic rings. The van der Waals surface area contributed by atoms with Crippen LogP contribution >= 0.6 is 0 Å². The van der Waals surface area contributed by atoms with Crippen LogP contribution in [-0.2, 0) is 40.1 Å². The number of Topliss-reactive ketones (excluding diaryl/α,β-unsaturated/α-hetero) is 1. The highest BCUT2D eigenvalue weighted by Crippen LogP contribution is 2.20. The van der Waals surface area contributed by atoms with Crippen molar-refractivity contribution in [3.63, 3.8) is 0 Å². The number of hydrogen-bond acceptors (Lipinski definition) is 7. The highest BCUT2D eigenvalue weighted by atomic mass is 16.5. The Morgan fingerprint density at radius 1 is 1.00 bits per heavy atom. The fraction of sp³-hybridized carbons (Fsp3) is 0.538. The van der Waals surface area contributed by atoms with E-state index in [9.17, 15) is 28.8 Å². The summed E-state index contributed by atoms with van der Waals surface area (Å²) in [7, 11) is 0. The van der Waals surface area contributed by atoms with Gasteiger partial charge in [-0.25, -0.2) is 0 Å². The van der Waals surface area contributed by atoms with E-state index in [0.717, 1.165) is 5.56 Å². The van der Waals surface area contributed by atoms with Gasteiger partial charge in [-0.1, -0.05) is 26.0 Å². The maximum absolute atomic E-state index is 13.1. The Balaban J connectivity index is 2.01. The molecule has 1 aliphatic heterocycles. The maximum atomic E-state index is 13.1. The normalized spacial score (nSPS) is 16.5. The number of benzene rings is 1. The summed E-state index contributed by atoms with van der Waals surface area (Å²) in [4.78, 5) is 74.4. The molecule has 0 saturated carbocycles. The SMILES string of the molecule is CC(=O)CC(=O)N[C@@H](C)C(=O)N1CCC[C@H]1C(=O)N[C@H](C(=O)Nc1ccc(COC(C)=O)cc1)C(C)C. The van der Waals surface area contributed by atoms with E-state index in [0.29, 0.717) is 25.1 Å². The lowest BCUT2D eigenvalue weighted by molar-refractivity contribution is -0.142. The van der Waals surface area contributed by atoms with Gasteiger partial charge in [0.05, 0.1) is 6.42 Å². The van der Waals surface area contributed by atoms with Crippen LogP contribution in [0.4, 0.5) is 5.69 Å². The molecule has 11 heteroatoms. The summed E-state index contributed by atoms with van der Waals surface area (Å²) in [6, 6.07) is 4.28. The van der Waals surface area contributed by atoms with Crippen LogP contribution < -0.4 is 16.0 Å². The third kappa shape index (κ3) is 9.00. The molecule has 3 N–H and O–H groups in total. The number of hydrogen-bond donors (Lipinski definition) is 3. The number of amides is 4. The van der Waals surface area contributed by atoms with Crippen LogP contribution in [0.25, 0.3) is 0 Å². The van der Waals surface area contributed by atoms with Gasteiger partial charge in [0.15, 0.2) is 0 Å². The zero-order chi connectivity index (χ0) is 27.7. The molecular formula is C26H36N4O7. The van der Waals surface area contributed by atoms with Crippen molar-refractivity contribution in [2.24, 2.45) is 5.92 Å². The van der Waals surface area contributed by atoms with Crippen molar-refractivity contribution >= 4 is 41.1 Å². The van der Waals surface area contributed by atoms with Gasteiger partial charge in [-0.2, -0.15) is 0 Å². The standard InChI is InChI=1S/C26H36N4O7/c1-15(2)23(25(35)28-20-10-8-19(9-11-20)14-37-18(5)32)29-24(34)21-7-6-12-30(21)26(36)17(4)27-22(33)13-16(3)31/h8-11,15,17,21,23H,6-7,12-14H2,1-5H3,(H,27,33)(H,28,35)(H,29,34)/t17-,21-,23-/m0/s1. The molecule has 0 aromatic heterocycles. The number of carbonyl (C=O) groups excluding carboxylic acids is 6. The van der Waals surface area contributed by atoms with Crippen LogP contribution in [0.2, 0.25) is 0 Å². The Kier molecular flexibility index (Phi) is 10.8. The first kappa shape index (κ1) is 29.5. The number of rotatable bonds is 11. The molecule has 1 aromatic carbocycles. The zero-order valence-corrected chi connectivity index (χ0v) is 22.0. The van der Waals surface area contributed by atoms with Crippen LogP contribution in [0.15, 0.2) is 24.3 Å². The first-order valence-electron chi connectivity index (χ1n) is 12.3. The Bertz CT molecular complexity index is 1020. The van der Waals surface area contributed by atoms with E-state index in [4.69, 9.17) is 4.74 Å². The summed E-state index contributed by atoms with van der Waals surface area (Å²) >= 11 is 0. The molecule has 1 heterocycles. The quantitative estimate of drug-likeness (QED) is 0.296. The Labute approximate surface area is 216 Å². The monoisotopic (exact) mass is 516 g/mol. The molecule has 0 radical (unpaired) electrons. The number of likely N-dealkylation sites (tertiary alicyclic amines) is 1. The minimum atomic E-state index is -0.895. The minimum absolute atomic E-state index is 0.129. The predicted molar refractivity (Wildman–Crippen MR) is 135 cm³/mol. The van der Waals surface area contributed by atoms with Crippen LogP contribution in [0.3, 0.4) is 0 Å². The molecule has 1 fully saturated rings. The van der Waals surface area contributed by atoms with Gasteiger partial charge in [-0.05, 0) is 50.3 Å². The molecular weight excluding hydrogens is 480 g/mol. The zero-order valence-electron chi connectivity index (χ0n) is 22.0. The van der Waals surface area contributed by atoms with Gasteiger partial charge in [0.25, 0.3) is 0 Å². The van der Waals surface area contributed by atoms with E-state index in [-0.39, 0.29) is 30.7 Å².